The van der Waals surface area contributed by atoms with Crippen molar-refractivity contribution < 1.29 is 4.42 Å². The largest absolute Gasteiger partial charge is 0.456 e. The molecule has 3 heteroatoms. The highest BCUT2D eigenvalue weighted by atomic mass is 32.1. The van der Waals surface area contributed by atoms with Crippen LogP contribution < -0.4 is 4.90 Å². The quantitative estimate of drug-likeness (QED) is 0.175. The van der Waals surface area contributed by atoms with Gasteiger partial charge < -0.3 is 9.32 Å². The first-order valence-corrected chi connectivity index (χ1v) is 18.1. The van der Waals surface area contributed by atoms with E-state index in [4.69, 9.17) is 4.42 Å². The lowest BCUT2D eigenvalue weighted by Gasteiger charge is -2.31. The predicted molar refractivity (Wildman–Crippen MR) is 218 cm³/mol. The van der Waals surface area contributed by atoms with E-state index >= 15 is 0 Å². The van der Waals surface area contributed by atoms with Crippen LogP contribution in [0.5, 0.6) is 0 Å². The van der Waals surface area contributed by atoms with Crippen LogP contribution in [0, 0.1) is 0 Å². The van der Waals surface area contributed by atoms with Gasteiger partial charge in [0.25, 0.3) is 0 Å². The van der Waals surface area contributed by atoms with Crippen LogP contribution in [0.15, 0.2) is 192 Å². The molecule has 0 bridgehead atoms. The number of nitrogens with zero attached hydrogens (tertiary/aromatic N) is 1. The van der Waals surface area contributed by atoms with Crippen molar-refractivity contribution in [2.24, 2.45) is 0 Å². The Kier molecular flexibility index (Phi) is 7.04. The molecule has 51 heavy (non-hydrogen) atoms. The Morgan fingerprint density at radius 2 is 0.961 bits per heavy atom. The number of benzene rings is 8. The van der Waals surface area contributed by atoms with E-state index < -0.39 is 0 Å². The zero-order chi connectivity index (χ0) is 33.7. The molecule has 10 aromatic rings. The summed E-state index contributed by atoms with van der Waals surface area (Å²) >= 11 is 1.86. The molecule has 0 unspecified atom stereocenters. The molecule has 0 fully saturated rings. The van der Waals surface area contributed by atoms with E-state index in [0.29, 0.717) is 0 Å². The summed E-state index contributed by atoms with van der Waals surface area (Å²) in [5.74, 6) is 0. The van der Waals surface area contributed by atoms with Gasteiger partial charge in [0.15, 0.2) is 0 Å². The summed E-state index contributed by atoms with van der Waals surface area (Å²) in [6, 6.07) is 67.5. The third-order valence-corrected chi connectivity index (χ3v) is 11.1. The van der Waals surface area contributed by atoms with Crippen molar-refractivity contribution >= 4 is 70.5 Å². The van der Waals surface area contributed by atoms with E-state index in [9.17, 15) is 0 Å². The first-order chi connectivity index (χ1) is 25.3. The lowest BCUT2D eigenvalue weighted by Crippen LogP contribution is -2.13. The van der Waals surface area contributed by atoms with Gasteiger partial charge in [0.2, 0.25) is 0 Å². The minimum absolute atomic E-state index is 0.889. The minimum atomic E-state index is 0.889. The summed E-state index contributed by atoms with van der Waals surface area (Å²) in [5.41, 5.74) is 12.2. The van der Waals surface area contributed by atoms with Crippen LogP contribution in [-0.4, -0.2) is 0 Å². The van der Waals surface area contributed by atoms with Crippen LogP contribution in [0.1, 0.15) is 0 Å². The zero-order valence-corrected chi connectivity index (χ0v) is 28.5. The van der Waals surface area contributed by atoms with Crippen molar-refractivity contribution in [3.05, 3.63) is 188 Å². The molecule has 0 saturated heterocycles. The van der Waals surface area contributed by atoms with Crippen LogP contribution in [0.25, 0.3) is 75.5 Å². The van der Waals surface area contributed by atoms with Gasteiger partial charge in [-0.05, 0) is 64.7 Å². The summed E-state index contributed by atoms with van der Waals surface area (Å²) in [6.07, 6.45) is 0. The maximum atomic E-state index is 6.31. The predicted octanol–water partition coefficient (Wildman–Crippen LogP) is 14.4. The summed E-state index contributed by atoms with van der Waals surface area (Å²) < 4.78 is 8.85. The molecule has 0 atom stereocenters. The SMILES string of the molecule is c1ccc(-c2ccccc2N(c2cccc(-c3ccccc3)c2-c2ccc3oc4ccccc4c3c2)c2cccc3c2sc2ccccc23)cc1. The molecular formula is C48H31NOS. The van der Waals surface area contributed by atoms with Gasteiger partial charge >= 0.3 is 0 Å². The second kappa shape index (κ2) is 12.2. The van der Waals surface area contributed by atoms with Gasteiger partial charge in [-0.25, -0.2) is 0 Å². The highest BCUT2D eigenvalue weighted by Gasteiger charge is 2.25. The Bertz CT molecular complexity index is 2870. The number of rotatable bonds is 6. The van der Waals surface area contributed by atoms with Gasteiger partial charge in [-0.3, -0.25) is 0 Å². The van der Waals surface area contributed by atoms with Crippen LogP contribution >= 0.6 is 11.3 Å². The molecule has 2 heterocycles. The highest BCUT2D eigenvalue weighted by Crippen LogP contribution is 2.51. The van der Waals surface area contributed by atoms with Gasteiger partial charge in [-0.15, -0.1) is 11.3 Å². The molecule has 0 spiro atoms. The maximum Gasteiger partial charge on any atom is 0.135 e. The number of para-hydroxylation sites is 2. The average Bonchev–Trinajstić information content (AvgIpc) is 3.77. The summed E-state index contributed by atoms with van der Waals surface area (Å²) in [5, 5.41) is 4.78. The fraction of sp³-hybridized carbons (Fsp3) is 0. The van der Waals surface area contributed by atoms with Gasteiger partial charge in [-0.1, -0.05) is 146 Å². The van der Waals surface area contributed by atoms with E-state index in [1.807, 2.05) is 23.5 Å². The van der Waals surface area contributed by atoms with Crippen molar-refractivity contribution in [1.29, 1.82) is 0 Å². The second-order valence-corrected chi connectivity index (χ2v) is 13.9. The number of anilines is 3. The number of furan rings is 1. The third kappa shape index (κ3) is 4.93. The highest BCUT2D eigenvalue weighted by molar-refractivity contribution is 7.26. The molecule has 8 aromatic carbocycles. The van der Waals surface area contributed by atoms with E-state index in [1.165, 1.54) is 42.4 Å². The summed E-state index contributed by atoms with van der Waals surface area (Å²) in [4.78, 5) is 2.50. The van der Waals surface area contributed by atoms with Gasteiger partial charge in [0.05, 0.1) is 21.8 Å². The third-order valence-electron chi connectivity index (χ3n) is 9.89. The van der Waals surface area contributed by atoms with Crippen LogP contribution in [0.3, 0.4) is 0 Å². The van der Waals surface area contributed by atoms with E-state index in [2.05, 4.69) is 181 Å². The molecule has 0 aliphatic heterocycles. The lowest BCUT2D eigenvalue weighted by molar-refractivity contribution is 0.669. The van der Waals surface area contributed by atoms with E-state index in [1.54, 1.807) is 0 Å². The topological polar surface area (TPSA) is 16.4 Å². The van der Waals surface area contributed by atoms with Crippen LogP contribution in [-0.2, 0) is 0 Å². The van der Waals surface area contributed by atoms with Gasteiger partial charge in [0.1, 0.15) is 11.2 Å². The summed E-state index contributed by atoms with van der Waals surface area (Å²) in [7, 11) is 0. The molecule has 2 nitrogen and oxygen atoms in total. The van der Waals surface area contributed by atoms with Crippen molar-refractivity contribution in [2.75, 3.05) is 4.90 Å². The van der Waals surface area contributed by atoms with Gasteiger partial charge in [0, 0.05) is 37.4 Å². The first kappa shape index (κ1) is 29.5. The molecule has 0 amide bonds. The molecule has 0 radical (unpaired) electrons. The Labute approximate surface area is 300 Å². The zero-order valence-electron chi connectivity index (χ0n) is 27.7. The molecule has 0 saturated carbocycles. The second-order valence-electron chi connectivity index (χ2n) is 12.8. The van der Waals surface area contributed by atoms with Gasteiger partial charge in [-0.2, -0.15) is 0 Å². The number of hydrogen-bond acceptors (Lipinski definition) is 3. The summed E-state index contributed by atoms with van der Waals surface area (Å²) in [6.45, 7) is 0. The average molecular weight is 670 g/mol. The van der Waals surface area contributed by atoms with Crippen molar-refractivity contribution in [3.63, 3.8) is 0 Å². The molecule has 2 aromatic heterocycles. The Morgan fingerprint density at radius 1 is 0.373 bits per heavy atom. The smallest absolute Gasteiger partial charge is 0.135 e. The molecule has 240 valence electrons. The number of hydrogen-bond donors (Lipinski definition) is 0. The van der Waals surface area contributed by atoms with Crippen molar-refractivity contribution in [2.45, 2.75) is 0 Å². The van der Waals surface area contributed by atoms with E-state index in [-0.39, 0.29) is 0 Å². The first-order valence-electron chi connectivity index (χ1n) is 17.3. The van der Waals surface area contributed by atoms with E-state index in [0.717, 1.165) is 50.1 Å². The van der Waals surface area contributed by atoms with Crippen LogP contribution in [0.2, 0.25) is 0 Å². The maximum absolute atomic E-state index is 6.31. The monoisotopic (exact) mass is 669 g/mol. The molecular weight excluding hydrogens is 639 g/mol. The Morgan fingerprint density at radius 3 is 1.80 bits per heavy atom. The fourth-order valence-electron chi connectivity index (χ4n) is 7.60. The Balaban J connectivity index is 1.33. The molecule has 10 rings (SSSR count). The van der Waals surface area contributed by atoms with Crippen molar-refractivity contribution in [3.8, 4) is 33.4 Å². The fourth-order valence-corrected chi connectivity index (χ4v) is 8.80. The minimum Gasteiger partial charge on any atom is -0.456 e. The van der Waals surface area contributed by atoms with Crippen molar-refractivity contribution in [1.82, 2.24) is 0 Å². The number of thiophene rings is 1. The Hall–Kier alpha value is -6.42. The lowest BCUT2D eigenvalue weighted by atomic mass is 9.91. The molecule has 0 N–H and O–H groups in total. The number of fused-ring (bicyclic) bond motifs is 6. The standard InChI is InChI=1S/C48H31NOS/c1-3-15-32(16-4-1)35-19-7-10-24-41(35)49(43-26-14-23-39-38-21-9-12-28-46(38)51-48(39)43)42-25-13-22-36(33-17-5-2-6-18-33)47(42)34-29-30-45-40(31-34)37-20-8-11-27-44(37)50-45/h1-31H. The molecule has 0 aliphatic carbocycles. The van der Waals surface area contributed by atoms with Crippen LogP contribution in [0.4, 0.5) is 17.1 Å². The normalized spacial score (nSPS) is 11.5. The molecule has 0 aliphatic rings.